The highest BCUT2D eigenvalue weighted by Gasteiger charge is 2.45. The monoisotopic (exact) mass is 343 g/mol. The van der Waals surface area contributed by atoms with Crippen LogP contribution in [0.1, 0.15) is 35.4 Å². The predicted molar refractivity (Wildman–Crippen MR) is 88.2 cm³/mol. The molecule has 2 aliphatic heterocycles. The van der Waals surface area contributed by atoms with Crippen molar-refractivity contribution in [3.63, 3.8) is 0 Å². The van der Waals surface area contributed by atoms with Crippen LogP contribution in [0.4, 0.5) is 0 Å². The van der Waals surface area contributed by atoms with Gasteiger partial charge in [-0.05, 0) is 31.9 Å². The van der Waals surface area contributed by atoms with Gasteiger partial charge in [-0.25, -0.2) is 9.97 Å². The molecule has 8 heteroatoms. The van der Waals surface area contributed by atoms with Gasteiger partial charge >= 0.3 is 6.01 Å². The summed E-state index contributed by atoms with van der Waals surface area (Å²) in [5.74, 6) is -0.0530. The van der Waals surface area contributed by atoms with Crippen molar-refractivity contribution in [2.75, 3.05) is 19.7 Å². The molecule has 0 saturated carbocycles. The third-order valence-electron chi connectivity index (χ3n) is 4.74. The second kappa shape index (κ2) is 6.44. The summed E-state index contributed by atoms with van der Waals surface area (Å²) in [5.41, 5.74) is 0.986. The zero-order valence-corrected chi connectivity index (χ0v) is 14.1. The molecule has 25 heavy (non-hydrogen) atoms. The SMILES string of the molecule is Cc1cc(C(=O)N2CCC[C@]3(C[C@H](Oc4ncccn4)CO3)C2)n[nH]1. The normalized spacial score (nSPS) is 26.1. The highest BCUT2D eigenvalue weighted by atomic mass is 16.6. The standard InChI is InChI=1S/C17H21N5O3/c1-12-8-14(21-20-12)15(23)22-7-2-4-17(11-22)9-13(10-24-17)25-16-18-5-3-6-19-16/h3,5-6,8,13H,2,4,7,9-11H2,1H3,(H,20,21)/t13-,17-/m0/s1. The Morgan fingerprint density at radius 2 is 2.28 bits per heavy atom. The van der Waals surface area contributed by atoms with Crippen LogP contribution >= 0.6 is 0 Å². The van der Waals surface area contributed by atoms with Gasteiger partial charge in [-0.3, -0.25) is 9.89 Å². The van der Waals surface area contributed by atoms with Crippen molar-refractivity contribution in [1.29, 1.82) is 0 Å². The van der Waals surface area contributed by atoms with E-state index in [2.05, 4.69) is 20.2 Å². The molecule has 132 valence electrons. The Bertz CT molecular complexity index is 750. The van der Waals surface area contributed by atoms with E-state index in [9.17, 15) is 4.79 Å². The van der Waals surface area contributed by atoms with Crippen LogP contribution in [0.25, 0.3) is 0 Å². The summed E-state index contributed by atoms with van der Waals surface area (Å²) in [6.45, 7) is 3.66. The smallest absolute Gasteiger partial charge is 0.316 e. The Balaban J connectivity index is 1.41. The average Bonchev–Trinajstić information content (AvgIpc) is 3.22. The van der Waals surface area contributed by atoms with Crippen LogP contribution in [0.15, 0.2) is 24.5 Å². The van der Waals surface area contributed by atoms with Gasteiger partial charge in [0.25, 0.3) is 5.91 Å². The molecule has 8 nitrogen and oxygen atoms in total. The Labute approximate surface area is 145 Å². The van der Waals surface area contributed by atoms with Gasteiger partial charge in [-0.2, -0.15) is 5.10 Å². The number of carbonyl (C=O) groups excluding carboxylic acids is 1. The number of H-pyrrole nitrogens is 1. The van der Waals surface area contributed by atoms with Crippen LogP contribution in [-0.4, -0.2) is 62.4 Å². The van der Waals surface area contributed by atoms with Gasteiger partial charge in [0.1, 0.15) is 11.8 Å². The number of aromatic amines is 1. The number of aromatic nitrogens is 4. The molecule has 2 atom stereocenters. The first-order valence-corrected chi connectivity index (χ1v) is 8.52. The molecule has 1 N–H and O–H groups in total. The van der Waals surface area contributed by atoms with Crippen molar-refractivity contribution in [3.8, 4) is 6.01 Å². The van der Waals surface area contributed by atoms with Crippen molar-refractivity contribution < 1.29 is 14.3 Å². The zero-order chi connectivity index (χ0) is 17.3. The summed E-state index contributed by atoms with van der Waals surface area (Å²) in [6, 6.07) is 3.89. The van der Waals surface area contributed by atoms with E-state index in [0.717, 1.165) is 31.5 Å². The van der Waals surface area contributed by atoms with Gasteiger partial charge < -0.3 is 14.4 Å². The molecule has 2 fully saturated rings. The summed E-state index contributed by atoms with van der Waals surface area (Å²) in [4.78, 5) is 22.7. The quantitative estimate of drug-likeness (QED) is 0.904. The molecule has 0 aliphatic carbocycles. The fourth-order valence-corrected chi connectivity index (χ4v) is 3.62. The molecule has 0 aromatic carbocycles. The maximum Gasteiger partial charge on any atom is 0.316 e. The average molecular weight is 343 g/mol. The minimum Gasteiger partial charge on any atom is -0.458 e. The first-order valence-electron chi connectivity index (χ1n) is 8.52. The minimum atomic E-state index is -0.349. The first-order chi connectivity index (χ1) is 12.1. The maximum absolute atomic E-state index is 12.7. The molecule has 4 heterocycles. The maximum atomic E-state index is 12.7. The van der Waals surface area contributed by atoms with Crippen LogP contribution in [-0.2, 0) is 4.74 Å². The lowest BCUT2D eigenvalue weighted by molar-refractivity contribution is -0.0455. The number of carbonyl (C=O) groups is 1. The molecule has 2 aromatic rings. The van der Waals surface area contributed by atoms with Crippen molar-refractivity contribution in [2.24, 2.45) is 0 Å². The summed E-state index contributed by atoms with van der Waals surface area (Å²) in [7, 11) is 0. The van der Waals surface area contributed by atoms with Crippen molar-refractivity contribution >= 4 is 5.91 Å². The highest BCUT2D eigenvalue weighted by Crippen LogP contribution is 2.36. The molecule has 0 unspecified atom stereocenters. The van der Waals surface area contributed by atoms with E-state index in [4.69, 9.17) is 9.47 Å². The van der Waals surface area contributed by atoms with Crippen molar-refractivity contribution in [3.05, 3.63) is 35.9 Å². The van der Waals surface area contributed by atoms with Gasteiger partial charge in [0, 0.05) is 31.1 Å². The van der Waals surface area contributed by atoms with Gasteiger partial charge in [-0.15, -0.1) is 0 Å². The molecule has 2 saturated heterocycles. The number of hydrogen-bond acceptors (Lipinski definition) is 6. The molecule has 1 spiro atoms. The molecule has 4 rings (SSSR count). The number of likely N-dealkylation sites (tertiary alicyclic amines) is 1. The topological polar surface area (TPSA) is 93.2 Å². The molecule has 0 bridgehead atoms. The number of amides is 1. The summed E-state index contributed by atoms with van der Waals surface area (Å²) in [5, 5.41) is 6.90. The Morgan fingerprint density at radius 3 is 3.04 bits per heavy atom. The molecule has 0 radical (unpaired) electrons. The van der Waals surface area contributed by atoms with E-state index in [-0.39, 0.29) is 17.6 Å². The van der Waals surface area contributed by atoms with E-state index in [1.165, 1.54) is 0 Å². The van der Waals surface area contributed by atoms with E-state index in [1.807, 2.05) is 11.8 Å². The number of rotatable bonds is 3. The molecule has 2 aliphatic rings. The third-order valence-corrected chi connectivity index (χ3v) is 4.74. The third kappa shape index (κ3) is 3.34. The van der Waals surface area contributed by atoms with Crippen LogP contribution in [0.2, 0.25) is 0 Å². The number of piperidine rings is 1. The van der Waals surface area contributed by atoms with Gasteiger partial charge in [0.2, 0.25) is 0 Å². The Kier molecular flexibility index (Phi) is 4.12. The van der Waals surface area contributed by atoms with Gasteiger partial charge in [0.15, 0.2) is 0 Å². The summed E-state index contributed by atoms with van der Waals surface area (Å²) >= 11 is 0. The number of nitrogens with one attached hydrogen (secondary N) is 1. The van der Waals surface area contributed by atoms with Crippen LogP contribution in [0, 0.1) is 6.92 Å². The number of aryl methyl sites for hydroxylation is 1. The fourth-order valence-electron chi connectivity index (χ4n) is 3.62. The predicted octanol–water partition coefficient (Wildman–Crippen LogP) is 1.35. The Hall–Kier alpha value is -2.48. The van der Waals surface area contributed by atoms with E-state index >= 15 is 0 Å². The second-order valence-corrected chi connectivity index (χ2v) is 6.74. The van der Waals surface area contributed by atoms with Crippen LogP contribution < -0.4 is 4.74 Å². The fraction of sp³-hybridized carbons (Fsp3) is 0.529. The molecular weight excluding hydrogens is 322 g/mol. The van der Waals surface area contributed by atoms with Crippen LogP contribution in [0.5, 0.6) is 6.01 Å². The second-order valence-electron chi connectivity index (χ2n) is 6.74. The molecule has 2 aromatic heterocycles. The van der Waals surface area contributed by atoms with E-state index < -0.39 is 0 Å². The highest BCUT2D eigenvalue weighted by molar-refractivity contribution is 5.92. The lowest BCUT2D eigenvalue weighted by atomic mass is 9.89. The van der Waals surface area contributed by atoms with Crippen molar-refractivity contribution in [1.82, 2.24) is 25.1 Å². The number of nitrogens with zero attached hydrogens (tertiary/aromatic N) is 4. The number of ether oxygens (including phenoxy) is 2. The zero-order valence-electron chi connectivity index (χ0n) is 14.1. The van der Waals surface area contributed by atoms with E-state index in [1.54, 1.807) is 24.5 Å². The summed E-state index contributed by atoms with van der Waals surface area (Å²) < 4.78 is 11.9. The van der Waals surface area contributed by atoms with E-state index in [0.29, 0.717) is 24.9 Å². The van der Waals surface area contributed by atoms with Gasteiger partial charge in [0.05, 0.1) is 18.8 Å². The largest absolute Gasteiger partial charge is 0.458 e. The van der Waals surface area contributed by atoms with Crippen molar-refractivity contribution in [2.45, 2.75) is 37.9 Å². The van der Waals surface area contributed by atoms with Crippen LogP contribution in [0.3, 0.4) is 0 Å². The Morgan fingerprint density at radius 1 is 1.44 bits per heavy atom. The first kappa shape index (κ1) is 16.0. The molecular formula is C17H21N5O3. The summed E-state index contributed by atoms with van der Waals surface area (Å²) in [6.07, 6.45) is 5.77. The lowest BCUT2D eigenvalue weighted by Gasteiger charge is -2.39. The van der Waals surface area contributed by atoms with Gasteiger partial charge in [-0.1, -0.05) is 0 Å². The lowest BCUT2D eigenvalue weighted by Crippen LogP contribution is -2.50. The molecule has 1 amide bonds. The number of hydrogen-bond donors (Lipinski definition) is 1. The minimum absolute atomic E-state index is 0.0530.